The summed E-state index contributed by atoms with van der Waals surface area (Å²) >= 11 is 0. The number of ether oxygens (including phenoxy) is 2. The molecule has 0 spiro atoms. The highest BCUT2D eigenvalue weighted by Gasteiger charge is 2.43. The first-order valence-corrected chi connectivity index (χ1v) is 7.19. The summed E-state index contributed by atoms with van der Waals surface area (Å²) in [5.74, 6) is -0.482. The maximum atomic E-state index is 12.3. The number of amides is 1. The Morgan fingerprint density at radius 2 is 1.64 bits per heavy atom. The van der Waals surface area contributed by atoms with E-state index in [1.807, 2.05) is 30.3 Å². The van der Waals surface area contributed by atoms with Gasteiger partial charge in [0.25, 0.3) is 0 Å². The van der Waals surface area contributed by atoms with Gasteiger partial charge in [-0.1, -0.05) is 30.3 Å². The van der Waals surface area contributed by atoms with Crippen LogP contribution >= 0.6 is 0 Å². The van der Waals surface area contributed by atoms with E-state index >= 15 is 0 Å². The van der Waals surface area contributed by atoms with Crippen LogP contribution in [0.25, 0.3) is 0 Å². The first-order valence-electron chi connectivity index (χ1n) is 7.19. The van der Waals surface area contributed by atoms with Crippen molar-refractivity contribution < 1.29 is 19.1 Å². The normalized spacial score (nSPS) is 13.9. The zero-order valence-electron chi connectivity index (χ0n) is 14.2. The van der Waals surface area contributed by atoms with Crippen LogP contribution in [0.4, 0.5) is 4.79 Å². The maximum Gasteiger partial charge on any atom is 0.410 e. The Kier molecular flexibility index (Phi) is 5.58. The molecule has 0 bridgehead atoms. The van der Waals surface area contributed by atoms with Crippen LogP contribution in [-0.2, 0) is 20.7 Å². The van der Waals surface area contributed by atoms with Crippen molar-refractivity contribution in [2.24, 2.45) is 0 Å². The molecular formula is C17H25NO4. The van der Waals surface area contributed by atoms with E-state index in [0.29, 0.717) is 6.42 Å². The molecule has 0 saturated carbocycles. The molecule has 1 aromatic rings. The largest absolute Gasteiger partial charge is 0.467 e. The number of likely N-dealkylation sites (N-methyl/N-ethyl adjacent to an activating group) is 1. The van der Waals surface area contributed by atoms with E-state index in [2.05, 4.69) is 0 Å². The minimum absolute atomic E-state index is 0.344. The molecule has 1 amide bonds. The Balaban J connectivity index is 3.06. The molecule has 1 rings (SSSR count). The van der Waals surface area contributed by atoms with Crippen LogP contribution in [0.15, 0.2) is 30.3 Å². The lowest BCUT2D eigenvalue weighted by Gasteiger charge is -2.37. The van der Waals surface area contributed by atoms with Crippen molar-refractivity contribution in [1.82, 2.24) is 4.90 Å². The van der Waals surface area contributed by atoms with Gasteiger partial charge in [0, 0.05) is 13.5 Å². The van der Waals surface area contributed by atoms with Gasteiger partial charge in [0.15, 0.2) is 0 Å². The molecule has 22 heavy (non-hydrogen) atoms. The first kappa shape index (κ1) is 18.0. The van der Waals surface area contributed by atoms with E-state index < -0.39 is 23.2 Å². The van der Waals surface area contributed by atoms with Crippen LogP contribution in [0, 0.1) is 0 Å². The quantitative estimate of drug-likeness (QED) is 0.802. The first-order chi connectivity index (χ1) is 10.1. The lowest BCUT2D eigenvalue weighted by atomic mass is 9.91. The zero-order chi connectivity index (χ0) is 17.0. The van der Waals surface area contributed by atoms with Gasteiger partial charge in [0.1, 0.15) is 11.1 Å². The highest BCUT2D eigenvalue weighted by molar-refractivity contribution is 5.85. The van der Waals surface area contributed by atoms with E-state index in [1.54, 1.807) is 34.7 Å². The lowest BCUT2D eigenvalue weighted by Crippen LogP contribution is -2.56. The minimum Gasteiger partial charge on any atom is -0.467 e. The molecule has 0 aliphatic rings. The van der Waals surface area contributed by atoms with Crippen LogP contribution in [0.1, 0.15) is 33.3 Å². The van der Waals surface area contributed by atoms with Gasteiger partial charge >= 0.3 is 12.1 Å². The van der Waals surface area contributed by atoms with Crippen LogP contribution in [-0.4, -0.2) is 42.3 Å². The van der Waals surface area contributed by atoms with E-state index in [4.69, 9.17) is 9.47 Å². The molecule has 5 nitrogen and oxygen atoms in total. The summed E-state index contributed by atoms with van der Waals surface area (Å²) in [5, 5.41) is 0. The number of benzene rings is 1. The Labute approximate surface area is 132 Å². The van der Waals surface area contributed by atoms with Crippen molar-refractivity contribution in [3.63, 3.8) is 0 Å². The second-order valence-corrected chi connectivity index (χ2v) is 6.47. The van der Waals surface area contributed by atoms with E-state index in [-0.39, 0.29) is 0 Å². The summed E-state index contributed by atoms with van der Waals surface area (Å²) < 4.78 is 10.3. The molecular weight excluding hydrogens is 282 g/mol. The minimum atomic E-state index is -1.14. The van der Waals surface area contributed by atoms with Crippen molar-refractivity contribution in [2.45, 2.75) is 45.3 Å². The number of esters is 1. The zero-order valence-corrected chi connectivity index (χ0v) is 14.2. The summed E-state index contributed by atoms with van der Waals surface area (Å²) in [7, 11) is 2.86. The van der Waals surface area contributed by atoms with Crippen LogP contribution in [0.3, 0.4) is 0 Å². The summed E-state index contributed by atoms with van der Waals surface area (Å²) in [6.45, 7) is 7.03. The Bertz CT molecular complexity index is 521. The summed E-state index contributed by atoms with van der Waals surface area (Å²) in [6.07, 6.45) is -0.215. The predicted octanol–water partition coefficient (Wildman–Crippen LogP) is 3.03. The fourth-order valence-electron chi connectivity index (χ4n) is 2.07. The number of hydrogen-bond acceptors (Lipinski definition) is 4. The van der Waals surface area contributed by atoms with Crippen LogP contribution in [0.2, 0.25) is 0 Å². The molecule has 0 radical (unpaired) electrons. The molecule has 0 aromatic heterocycles. The van der Waals surface area contributed by atoms with E-state index in [0.717, 1.165) is 5.56 Å². The molecule has 0 unspecified atom stereocenters. The monoisotopic (exact) mass is 307 g/mol. The number of hydrogen-bond donors (Lipinski definition) is 0. The fourth-order valence-corrected chi connectivity index (χ4v) is 2.07. The van der Waals surface area contributed by atoms with Gasteiger partial charge < -0.3 is 9.47 Å². The highest BCUT2D eigenvalue weighted by atomic mass is 16.6. The Morgan fingerprint density at radius 1 is 1.09 bits per heavy atom. The average molecular weight is 307 g/mol. The molecule has 0 aliphatic carbocycles. The highest BCUT2D eigenvalue weighted by Crippen LogP contribution is 2.24. The number of rotatable bonds is 4. The smallest absolute Gasteiger partial charge is 0.410 e. The van der Waals surface area contributed by atoms with Crippen molar-refractivity contribution in [1.29, 1.82) is 0 Å². The Hall–Kier alpha value is -2.04. The van der Waals surface area contributed by atoms with Gasteiger partial charge in [-0.15, -0.1) is 0 Å². The molecule has 0 saturated heterocycles. The van der Waals surface area contributed by atoms with E-state index in [1.165, 1.54) is 12.0 Å². The molecule has 0 fully saturated rings. The molecule has 1 atom stereocenters. The van der Waals surface area contributed by atoms with Crippen molar-refractivity contribution in [3.05, 3.63) is 35.9 Å². The summed E-state index contributed by atoms with van der Waals surface area (Å²) in [6, 6.07) is 9.49. The molecule has 5 heteroatoms. The second-order valence-electron chi connectivity index (χ2n) is 6.47. The SMILES string of the molecule is COC(=O)[C@](C)(Cc1ccccc1)N(C)C(=O)OC(C)(C)C. The third kappa shape index (κ3) is 4.48. The Morgan fingerprint density at radius 3 is 2.09 bits per heavy atom. The molecule has 0 aliphatic heterocycles. The van der Waals surface area contributed by atoms with Gasteiger partial charge in [-0.3, -0.25) is 4.90 Å². The van der Waals surface area contributed by atoms with Crippen LogP contribution < -0.4 is 0 Å². The van der Waals surface area contributed by atoms with Crippen LogP contribution in [0.5, 0.6) is 0 Å². The molecule has 122 valence electrons. The summed E-state index contributed by atoms with van der Waals surface area (Å²) in [4.78, 5) is 25.9. The molecule has 0 heterocycles. The van der Waals surface area contributed by atoms with Gasteiger partial charge in [0.2, 0.25) is 0 Å². The van der Waals surface area contributed by atoms with Gasteiger partial charge in [-0.25, -0.2) is 9.59 Å². The van der Waals surface area contributed by atoms with Crippen molar-refractivity contribution in [3.8, 4) is 0 Å². The number of methoxy groups -OCH3 is 1. The molecule has 1 aromatic carbocycles. The van der Waals surface area contributed by atoms with Crippen molar-refractivity contribution >= 4 is 12.1 Å². The summed E-state index contributed by atoms with van der Waals surface area (Å²) in [5.41, 5.74) is -0.834. The standard InChI is InChI=1S/C17H25NO4/c1-16(2,3)22-15(20)18(5)17(4,14(19)21-6)12-13-10-8-7-9-11-13/h7-11H,12H2,1-6H3/t17-/m0/s1. The fraction of sp³-hybridized carbons (Fsp3) is 0.529. The van der Waals surface area contributed by atoms with Gasteiger partial charge in [0.05, 0.1) is 7.11 Å². The third-order valence-corrected chi connectivity index (χ3v) is 3.42. The predicted molar refractivity (Wildman–Crippen MR) is 84.6 cm³/mol. The maximum absolute atomic E-state index is 12.3. The topological polar surface area (TPSA) is 55.8 Å². The molecule has 0 N–H and O–H groups in total. The van der Waals surface area contributed by atoms with Crippen molar-refractivity contribution in [2.75, 3.05) is 14.2 Å². The lowest BCUT2D eigenvalue weighted by molar-refractivity contribution is -0.153. The van der Waals surface area contributed by atoms with E-state index in [9.17, 15) is 9.59 Å². The third-order valence-electron chi connectivity index (χ3n) is 3.42. The average Bonchev–Trinajstić information content (AvgIpc) is 2.44. The number of carbonyl (C=O) groups is 2. The van der Waals surface area contributed by atoms with Gasteiger partial charge in [-0.2, -0.15) is 0 Å². The number of carbonyl (C=O) groups excluding carboxylic acids is 2. The second kappa shape index (κ2) is 6.81. The number of nitrogens with zero attached hydrogens (tertiary/aromatic N) is 1. The van der Waals surface area contributed by atoms with Gasteiger partial charge in [-0.05, 0) is 33.3 Å².